The second-order valence-corrected chi connectivity index (χ2v) is 7.25. The SMILES string of the molecule is CCOCc1cc(CO)ccc1-c1ccccc1CN(COC)c1noc(C)c1C. The zero-order chi connectivity index (χ0) is 21.5. The number of methoxy groups -OCH3 is 1. The lowest BCUT2D eigenvalue weighted by Gasteiger charge is -2.24. The van der Waals surface area contributed by atoms with E-state index in [9.17, 15) is 5.11 Å². The maximum absolute atomic E-state index is 9.56. The van der Waals surface area contributed by atoms with Crippen molar-refractivity contribution in [1.29, 1.82) is 0 Å². The first kappa shape index (κ1) is 22.0. The molecule has 0 radical (unpaired) electrons. The number of anilines is 1. The molecule has 1 aromatic heterocycles. The van der Waals surface area contributed by atoms with Gasteiger partial charge in [-0.15, -0.1) is 0 Å². The van der Waals surface area contributed by atoms with Crippen LogP contribution in [-0.4, -0.2) is 30.7 Å². The van der Waals surface area contributed by atoms with Crippen LogP contribution in [-0.2, 0) is 29.2 Å². The molecular weight excluding hydrogens is 380 g/mol. The lowest BCUT2D eigenvalue weighted by Crippen LogP contribution is -2.26. The van der Waals surface area contributed by atoms with Crippen LogP contribution in [0.3, 0.4) is 0 Å². The summed E-state index contributed by atoms with van der Waals surface area (Å²) < 4.78 is 16.5. The van der Waals surface area contributed by atoms with Crippen LogP contribution in [0.4, 0.5) is 5.82 Å². The summed E-state index contributed by atoms with van der Waals surface area (Å²) in [6, 6.07) is 14.3. The van der Waals surface area contributed by atoms with Crippen LogP contribution < -0.4 is 4.90 Å². The second kappa shape index (κ2) is 10.4. The molecule has 6 nitrogen and oxygen atoms in total. The van der Waals surface area contributed by atoms with Crippen LogP contribution in [0.15, 0.2) is 47.0 Å². The van der Waals surface area contributed by atoms with Crippen molar-refractivity contribution in [2.75, 3.05) is 25.3 Å². The molecule has 3 aromatic rings. The Morgan fingerprint density at radius 3 is 2.50 bits per heavy atom. The largest absolute Gasteiger partial charge is 0.392 e. The van der Waals surface area contributed by atoms with Crippen molar-refractivity contribution in [3.63, 3.8) is 0 Å². The third-order valence-electron chi connectivity index (χ3n) is 5.20. The van der Waals surface area contributed by atoms with Crippen molar-refractivity contribution in [2.45, 2.75) is 40.5 Å². The van der Waals surface area contributed by atoms with Gasteiger partial charge in [-0.05, 0) is 48.6 Å². The van der Waals surface area contributed by atoms with E-state index in [2.05, 4.69) is 28.3 Å². The highest BCUT2D eigenvalue weighted by molar-refractivity contribution is 5.71. The number of aliphatic hydroxyl groups excluding tert-OH is 1. The van der Waals surface area contributed by atoms with E-state index >= 15 is 0 Å². The van der Waals surface area contributed by atoms with Crippen molar-refractivity contribution in [1.82, 2.24) is 5.16 Å². The van der Waals surface area contributed by atoms with E-state index in [1.54, 1.807) is 7.11 Å². The van der Waals surface area contributed by atoms with Gasteiger partial charge < -0.3 is 24.0 Å². The quantitative estimate of drug-likeness (QED) is 0.493. The summed E-state index contributed by atoms with van der Waals surface area (Å²) in [7, 11) is 1.68. The third-order valence-corrected chi connectivity index (χ3v) is 5.20. The van der Waals surface area contributed by atoms with E-state index in [0.29, 0.717) is 26.5 Å². The summed E-state index contributed by atoms with van der Waals surface area (Å²) in [6.07, 6.45) is 0. The Hall–Kier alpha value is -2.67. The van der Waals surface area contributed by atoms with Crippen LogP contribution in [0, 0.1) is 13.8 Å². The first-order valence-electron chi connectivity index (χ1n) is 10.1. The first-order valence-corrected chi connectivity index (χ1v) is 10.1. The van der Waals surface area contributed by atoms with Gasteiger partial charge in [0.1, 0.15) is 12.5 Å². The Labute approximate surface area is 178 Å². The lowest BCUT2D eigenvalue weighted by atomic mass is 9.94. The number of rotatable bonds is 10. The van der Waals surface area contributed by atoms with E-state index in [-0.39, 0.29) is 6.61 Å². The molecule has 0 aliphatic carbocycles. The highest BCUT2D eigenvalue weighted by Crippen LogP contribution is 2.31. The molecule has 0 unspecified atom stereocenters. The second-order valence-electron chi connectivity index (χ2n) is 7.25. The maximum Gasteiger partial charge on any atom is 0.177 e. The zero-order valence-corrected chi connectivity index (χ0v) is 18.1. The molecule has 2 aromatic carbocycles. The topological polar surface area (TPSA) is 68.0 Å². The molecule has 160 valence electrons. The Bertz CT molecular complexity index is 968. The summed E-state index contributed by atoms with van der Waals surface area (Å²) in [5.74, 6) is 1.59. The highest BCUT2D eigenvalue weighted by atomic mass is 16.5. The van der Waals surface area contributed by atoms with Crippen LogP contribution in [0.5, 0.6) is 0 Å². The molecule has 0 spiro atoms. The van der Waals surface area contributed by atoms with E-state index in [0.717, 1.165) is 45.0 Å². The lowest BCUT2D eigenvalue weighted by molar-refractivity contribution is 0.134. The van der Waals surface area contributed by atoms with E-state index in [1.165, 1.54) is 0 Å². The van der Waals surface area contributed by atoms with Gasteiger partial charge in [0.2, 0.25) is 0 Å². The minimum Gasteiger partial charge on any atom is -0.392 e. The summed E-state index contributed by atoms with van der Waals surface area (Å²) >= 11 is 0. The van der Waals surface area contributed by atoms with Gasteiger partial charge in [-0.1, -0.05) is 47.6 Å². The van der Waals surface area contributed by atoms with Crippen molar-refractivity contribution in [3.8, 4) is 11.1 Å². The summed E-state index contributed by atoms with van der Waals surface area (Å²) in [5.41, 5.74) is 6.30. The van der Waals surface area contributed by atoms with Crippen LogP contribution >= 0.6 is 0 Å². The molecule has 0 saturated heterocycles. The first-order chi connectivity index (χ1) is 14.6. The van der Waals surface area contributed by atoms with Gasteiger partial charge in [0.15, 0.2) is 5.82 Å². The highest BCUT2D eigenvalue weighted by Gasteiger charge is 2.19. The molecule has 0 aliphatic heterocycles. The van der Waals surface area contributed by atoms with E-state index in [4.69, 9.17) is 14.0 Å². The predicted octanol–water partition coefficient (Wildman–Crippen LogP) is 4.60. The minimum atomic E-state index is 0.00740. The van der Waals surface area contributed by atoms with Crippen LogP contribution in [0.1, 0.15) is 34.9 Å². The van der Waals surface area contributed by atoms with Crippen molar-refractivity contribution >= 4 is 5.82 Å². The van der Waals surface area contributed by atoms with Crippen molar-refractivity contribution < 1.29 is 19.1 Å². The average Bonchev–Trinajstić information content (AvgIpc) is 3.10. The van der Waals surface area contributed by atoms with Crippen molar-refractivity contribution in [3.05, 3.63) is 70.5 Å². The van der Waals surface area contributed by atoms with Crippen LogP contribution in [0.2, 0.25) is 0 Å². The van der Waals surface area contributed by atoms with Gasteiger partial charge in [0.25, 0.3) is 0 Å². The fourth-order valence-electron chi connectivity index (χ4n) is 3.50. The standard InChI is InChI=1S/C24H30N2O4/c1-5-29-15-21-12-19(14-27)10-11-23(21)22-9-7-6-8-20(22)13-26(16-28-4)24-17(2)18(3)30-25-24/h6-12,27H,5,13-16H2,1-4H3. The smallest absolute Gasteiger partial charge is 0.177 e. The fraction of sp³-hybridized carbons (Fsp3) is 0.375. The average molecular weight is 411 g/mol. The number of aromatic nitrogens is 1. The number of hydrogen-bond acceptors (Lipinski definition) is 6. The molecule has 0 fully saturated rings. The number of ether oxygens (including phenoxy) is 2. The normalized spacial score (nSPS) is 11.1. The van der Waals surface area contributed by atoms with Gasteiger partial charge in [0, 0.05) is 25.8 Å². The van der Waals surface area contributed by atoms with Gasteiger partial charge in [-0.3, -0.25) is 0 Å². The van der Waals surface area contributed by atoms with Gasteiger partial charge >= 0.3 is 0 Å². The summed E-state index contributed by atoms with van der Waals surface area (Å²) in [5, 5.41) is 13.8. The predicted molar refractivity (Wildman–Crippen MR) is 117 cm³/mol. The monoisotopic (exact) mass is 410 g/mol. The molecule has 0 bridgehead atoms. The summed E-state index contributed by atoms with van der Waals surface area (Å²) in [4.78, 5) is 2.06. The number of hydrogen-bond donors (Lipinski definition) is 1. The molecule has 1 heterocycles. The zero-order valence-electron chi connectivity index (χ0n) is 18.1. The molecule has 0 amide bonds. The molecule has 0 atom stereocenters. The van der Waals surface area contributed by atoms with E-state index < -0.39 is 0 Å². The van der Waals surface area contributed by atoms with Crippen LogP contribution in [0.25, 0.3) is 11.1 Å². The third kappa shape index (κ3) is 4.90. The number of benzene rings is 2. The summed E-state index contributed by atoms with van der Waals surface area (Å²) in [6.45, 7) is 8.05. The minimum absolute atomic E-state index is 0.00740. The Balaban J connectivity index is 2.00. The van der Waals surface area contributed by atoms with Crippen molar-refractivity contribution in [2.24, 2.45) is 0 Å². The van der Waals surface area contributed by atoms with Gasteiger partial charge in [-0.25, -0.2) is 0 Å². The number of aliphatic hydroxyl groups is 1. The Morgan fingerprint density at radius 2 is 1.83 bits per heavy atom. The van der Waals surface area contributed by atoms with Gasteiger partial charge in [-0.2, -0.15) is 0 Å². The maximum atomic E-state index is 9.56. The molecule has 3 rings (SSSR count). The molecule has 30 heavy (non-hydrogen) atoms. The molecule has 0 aliphatic rings. The van der Waals surface area contributed by atoms with E-state index in [1.807, 2.05) is 45.0 Å². The Morgan fingerprint density at radius 1 is 1.07 bits per heavy atom. The molecule has 6 heteroatoms. The molecule has 1 N–H and O–H groups in total. The van der Waals surface area contributed by atoms with Gasteiger partial charge in [0.05, 0.1) is 13.2 Å². The molecular formula is C24H30N2O4. The number of nitrogens with zero attached hydrogens (tertiary/aromatic N) is 2. The Kier molecular flexibility index (Phi) is 7.63. The molecule has 0 saturated carbocycles. The fourth-order valence-corrected chi connectivity index (χ4v) is 3.50. The number of aryl methyl sites for hydroxylation is 1.